The third-order valence-corrected chi connectivity index (χ3v) is 11.8. The van der Waals surface area contributed by atoms with E-state index < -0.39 is 11.6 Å². The zero-order chi connectivity index (χ0) is 32.5. The van der Waals surface area contributed by atoms with Crippen LogP contribution in [0.3, 0.4) is 0 Å². The van der Waals surface area contributed by atoms with Crippen LogP contribution < -0.4 is 18.9 Å². The number of carbonyl (C=O) groups excluding carboxylic acids is 1. The van der Waals surface area contributed by atoms with Gasteiger partial charge in [-0.15, -0.1) is 0 Å². The molecule has 232 valence electrons. The summed E-state index contributed by atoms with van der Waals surface area (Å²) in [7, 11) is 0. The topological polar surface area (TPSA) is 54.0 Å². The number of benzene rings is 4. The molecule has 0 heterocycles. The van der Waals surface area contributed by atoms with Gasteiger partial charge in [0.15, 0.2) is 23.0 Å². The summed E-state index contributed by atoms with van der Waals surface area (Å²) >= 11 is 35.1. The van der Waals surface area contributed by atoms with E-state index in [4.69, 9.17) is 18.9 Å². The van der Waals surface area contributed by atoms with Gasteiger partial charge in [0.25, 0.3) is 0 Å². The lowest BCUT2D eigenvalue weighted by Gasteiger charge is -2.28. The molecule has 0 bridgehead atoms. The molecule has 0 spiro atoms. The summed E-state index contributed by atoms with van der Waals surface area (Å²) in [6.45, 7) is 4.18. The molecule has 0 saturated carbocycles. The molecule has 0 fully saturated rings. The Morgan fingerprint density at radius 3 is 1.11 bits per heavy atom. The number of hydrogen-bond acceptors (Lipinski definition) is 5. The molecule has 4 aromatic rings. The van der Waals surface area contributed by atoms with E-state index >= 15 is 0 Å². The van der Waals surface area contributed by atoms with Gasteiger partial charge >= 0.3 is 6.16 Å². The van der Waals surface area contributed by atoms with Gasteiger partial charge in [0.05, 0.1) is 35.8 Å². The van der Waals surface area contributed by atoms with Crippen LogP contribution in [0.2, 0.25) is 0 Å². The molecule has 0 N–H and O–H groups in total. The van der Waals surface area contributed by atoms with Crippen LogP contribution in [-0.4, -0.2) is 12.9 Å². The van der Waals surface area contributed by atoms with Gasteiger partial charge in [-0.3, -0.25) is 0 Å². The standard InChI is InChI=1S/C29H16Br10O5/c1-29(2,12-3-16(32)24(17(33)4-12)41-11-42-25-20(36)7-14(30)8-21(25)37)13-5-18(34)26(19(35)6-13)43-28(40)44-27-22(38)9-15(31)10-23(27)39/h3-10H,11H2,1-2H3. The van der Waals surface area contributed by atoms with E-state index in [-0.39, 0.29) is 12.5 Å². The van der Waals surface area contributed by atoms with E-state index in [0.29, 0.717) is 35.1 Å². The molecule has 15 heteroatoms. The highest BCUT2D eigenvalue weighted by Crippen LogP contribution is 2.45. The first-order valence-electron chi connectivity index (χ1n) is 12.0. The Bertz CT molecular complexity index is 1670. The van der Waals surface area contributed by atoms with Crippen LogP contribution >= 0.6 is 159 Å². The van der Waals surface area contributed by atoms with Crippen LogP contribution in [0.25, 0.3) is 0 Å². The lowest BCUT2D eigenvalue weighted by molar-refractivity contribution is 0.116. The van der Waals surface area contributed by atoms with Crippen molar-refractivity contribution >= 4 is 165 Å². The zero-order valence-electron chi connectivity index (χ0n) is 22.1. The lowest BCUT2D eigenvalue weighted by Crippen LogP contribution is -2.20. The number of carbonyl (C=O) groups is 1. The molecule has 0 unspecified atom stereocenters. The van der Waals surface area contributed by atoms with Crippen molar-refractivity contribution in [3.05, 3.63) is 104 Å². The predicted octanol–water partition coefficient (Wildman–Crippen LogP) is 14.6. The van der Waals surface area contributed by atoms with Gasteiger partial charge in [0.1, 0.15) is 0 Å². The molecular weight excluding hydrogens is 1230 g/mol. The molecular formula is C29H16Br10O5. The minimum Gasteiger partial charge on any atom is -0.455 e. The second kappa shape index (κ2) is 15.8. The molecule has 4 aromatic carbocycles. The van der Waals surface area contributed by atoms with Gasteiger partial charge in [-0.1, -0.05) is 45.7 Å². The molecule has 0 saturated heterocycles. The Balaban J connectivity index is 1.51. The van der Waals surface area contributed by atoms with Gasteiger partial charge in [-0.25, -0.2) is 4.79 Å². The smallest absolute Gasteiger partial charge is 0.455 e. The van der Waals surface area contributed by atoms with Gasteiger partial charge in [-0.05, 0) is 187 Å². The maximum Gasteiger partial charge on any atom is 0.519 e. The van der Waals surface area contributed by atoms with Crippen LogP contribution in [0.1, 0.15) is 25.0 Å². The van der Waals surface area contributed by atoms with Crippen molar-refractivity contribution in [2.24, 2.45) is 0 Å². The first-order valence-corrected chi connectivity index (χ1v) is 19.9. The van der Waals surface area contributed by atoms with Crippen molar-refractivity contribution < 1.29 is 23.7 Å². The first kappa shape index (κ1) is 37.4. The van der Waals surface area contributed by atoms with Crippen molar-refractivity contribution in [2.45, 2.75) is 19.3 Å². The van der Waals surface area contributed by atoms with Gasteiger partial charge in [-0.2, -0.15) is 0 Å². The average molecular weight is 1240 g/mol. The van der Waals surface area contributed by atoms with Crippen molar-refractivity contribution in [1.82, 2.24) is 0 Å². The summed E-state index contributed by atoms with van der Waals surface area (Å²) in [6, 6.07) is 15.1. The first-order chi connectivity index (χ1) is 20.6. The molecule has 0 radical (unpaired) electrons. The number of halogens is 10. The maximum atomic E-state index is 12.7. The summed E-state index contributed by atoms with van der Waals surface area (Å²) in [6.07, 6.45) is -0.894. The number of rotatable bonds is 8. The highest BCUT2D eigenvalue weighted by atomic mass is 79.9. The van der Waals surface area contributed by atoms with Crippen molar-refractivity contribution in [3.8, 4) is 23.0 Å². The average Bonchev–Trinajstić information content (AvgIpc) is 2.90. The Morgan fingerprint density at radius 2 is 0.773 bits per heavy atom. The van der Waals surface area contributed by atoms with Crippen LogP contribution in [0, 0.1) is 0 Å². The number of ether oxygens (including phenoxy) is 4. The predicted molar refractivity (Wildman–Crippen MR) is 208 cm³/mol. The fourth-order valence-electron chi connectivity index (χ4n) is 3.87. The molecule has 0 aromatic heterocycles. The summed E-state index contributed by atoms with van der Waals surface area (Å²) in [5.41, 5.74) is 1.49. The fourth-order valence-corrected chi connectivity index (χ4v) is 11.5. The van der Waals surface area contributed by atoms with Crippen molar-refractivity contribution in [2.75, 3.05) is 6.79 Å². The van der Waals surface area contributed by atoms with Crippen LogP contribution in [0.4, 0.5) is 4.79 Å². The second-order valence-electron chi connectivity index (χ2n) is 9.42. The summed E-state index contributed by atoms with van der Waals surface area (Å²) in [5.74, 6) is 1.81. The van der Waals surface area contributed by atoms with Crippen molar-refractivity contribution in [1.29, 1.82) is 0 Å². The Morgan fingerprint density at radius 1 is 0.500 bits per heavy atom. The van der Waals surface area contributed by atoms with E-state index in [1.807, 2.05) is 36.4 Å². The SMILES string of the molecule is CC(C)(c1cc(Br)c(OCOc2c(Br)cc(Br)cc2Br)c(Br)c1)c1cc(Br)c(OC(=O)Oc2c(Br)cc(Br)cc2Br)c(Br)c1. The molecule has 0 atom stereocenters. The lowest BCUT2D eigenvalue weighted by atomic mass is 9.78. The van der Waals surface area contributed by atoms with Crippen LogP contribution in [0.5, 0.6) is 23.0 Å². The van der Waals surface area contributed by atoms with Gasteiger partial charge in [0.2, 0.25) is 6.79 Å². The van der Waals surface area contributed by atoms with Crippen LogP contribution in [0.15, 0.2) is 93.3 Å². The third-order valence-electron chi connectivity index (χ3n) is 6.14. The monoisotopic (exact) mass is 1230 g/mol. The molecule has 4 rings (SSSR count). The summed E-state index contributed by atoms with van der Waals surface area (Å²) < 4.78 is 30.0. The highest BCUT2D eigenvalue weighted by Gasteiger charge is 2.28. The summed E-state index contributed by atoms with van der Waals surface area (Å²) in [5, 5.41) is 0. The molecule has 0 aliphatic carbocycles. The molecule has 0 amide bonds. The van der Waals surface area contributed by atoms with E-state index in [1.165, 1.54) is 0 Å². The Kier molecular flexibility index (Phi) is 13.5. The van der Waals surface area contributed by atoms with Gasteiger partial charge < -0.3 is 18.9 Å². The Hall–Kier alpha value is 0.550. The molecule has 0 aliphatic rings. The van der Waals surface area contributed by atoms with Gasteiger partial charge in [0, 0.05) is 14.4 Å². The van der Waals surface area contributed by atoms with E-state index in [0.717, 1.165) is 38.0 Å². The quantitative estimate of drug-likeness (QED) is 0.1000. The van der Waals surface area contributed by atoms with E-state index in [2.05, 4.69) is 173 Å². The van der Waals surface area contributed by atoms with Crippen molar-refractivity contribution in [3.63, 3.8) is 0 Å². The normalized spacial score (nSPS) is 11.4. The molecule has 44 heavy (non-hydrogen) atoms. The zero-order valence-corrected chi connectivity index (χ0v) is 38.0. The summed E-state index contributed by atoms with van der Waals surface area (Å²) in [4.78, 5) is 12.7. The minimum absolute atomic E-state index is 0.0156. The largest absolute Gasteiger partial charge is 0.519 e. The third kappa shape index (κ3) is 8.96. The van der Waals surface area contributed by atoms with E-state index in [1.54, 1.807) is 12.1 Å². The van der Waals surface area contributed by atoms with E-state index in [9.17, 15) is 4.79 Å². The molecule has 0 aliphatic heterocycles. The fraction of sp³-hybridized carbons (Fsp3) is 0.138. The second-order valence-corrected chi connectivity index (χ2v) is 18.1. The Labute approximate surface area is 338 Å². The highest BCUT2D eigenvalue weighted by molar-refractivity contribution is 9.12. The number of hydrogen-bond donors (Lipinski definition) is 0. The van der Waals surface area contributed by atoms with Crippen LogP contribution in [-0.2, 0) is 5.41 Å². The molecule has 5 nitrogen and oxygen atoms in total. The maximum absolute atomic E-state index is 12.7. The minimum atomic E-state index is -0.894.